The maximum Gasteiger partial charge on any atom is 0.255 e. The van der Waals surface area contributed by atoms with Crippen LogP contribution in [0.3, 0.4) is 0 Å². The first-order valence-electron chi connectivity index (χ1n) is 5.63. The molecule has 0 fully saturated rings. The number of phenols is 1. The monoisotopic (exact) mass is 276 g/mol. The number of hydrogen-bond acceptors (Lipinski definition) is 3. The van der Waals surface area contributed by atoms with E-state index in [-0.39, 0.29) is 11.7 Å². The van der Waals surface area contributed by atoms with Crippen molar-refractivity contribution in [3.8, 4) is 5.75 Å². The number of phenolic OH excluding ortho intramolecular Hbond substituents is 1. The molecule has 1 amide bonds. The number of aromatic hydroxyl groups is 1. The van der Waals surface area contributed by atoms with Crippen LogP contribution in [0.5, 0.6) is 5.75 Å². The van der Waals surface area contributed by atoms with Gasteiger partial charge in [-0.25, -0.2) is 0 Å². The van der Waals surface area contributed by atoms with Crippen LogP contribution in [-0.2, 0) is 0 Å². The smallest absolute Gasteiger partial charge is 0.255 e. The zero-order valence-corrected chi connectivity index (χ0v) is 11.0. The first-order chi connectivity index (χ1) is 8.97. The molecule has 4 N–H and O–H groups in total. The number of carbonyl (C=O) groups excluding carboxylic acids is 1. The molecule has 0 unspecified atom stereocenters. The Kier molecular flexibility index (Phi) is 3.62. The summed E-state index contributed by atoms with van der Waals surface area (Å²) in [6, 6.07) is 9.59. The molecule has 0 aliphatic carbocycles. The van der Waals surface area contributed by atoms with Crippen LogP contribution in [0.4, 0.5) is 11.4 Å². The lowest BCUT2D eigenvalue weighted by atomic mass is 10.1. The van der Waals surface area contributed by atoms with Gasteiger partial charge in [-0.3, -0.25) is 4.79 Å². The minimum absolute atomic E-state index is 0.0864. The average Bonchev–Trinajstić information content (AvgIpc) is 2.37. The van der Waals surface area contributed by atoms with E-state index in [0.717, 1.165) is 0 Å². The number of amides is 1. The molecule has 0 aliphatic heterocycles. The van der Waals surface area contributed by atoms with Crippen LogP contribution in [0.15, 0.2) is 36.4 Å². The summed E-state index contributed by atoms with van der Waals surface area (Å²) in [5.74, 6) is -0.236. The summed E-state index contributed by atoms with van der Waals surface area (Å²) in [7, 11) is 0. The van der Waals surface area contributed by atoms with Crippen LogP contribution in [0.2, 0.25) is 5.02 Å². The quantitative estimate of drug-likeness (QED) is 0.737. The lowest BCUT2D eigenvalue weighted by molar-refractivity contribution is 0.102. The molecule has 0 aromatic heterocycles. The Bertz CT molecular complexity index is 641. The number of nitrogens with one attached hydrogen (secondary N) is 1. The molecule has 0 heterocycles. The Morgan fingerprint density at radius 3 is 2.63 bits per heavy atom. The predicted molar refractivity (Wildman–Crippen MR) is 76.7 cm³/mol. The standard InChI is InChI=1S/C14H13ClN2O2/c1-8-2-3-9(6-13(8)18)14(19)17-10-4-5-11(15)12(16)7-10/h2-7,18H,16H2,1H3,(H,17,19). The lowest BCUT2D eigenvalue weighted by Crippen LogP contribution is -2.12. The van der Waals surface area contributed by atoms with Gasteiger partial charge in [-0.05, 0) is 42.8 Å². The highest BCUT2D eigenvalue weighted by molar-refractivity contribution is 6.33. The molecule has 4 nitrogen and oxygen atoms in total. The second-order valence-corrected chi connectivity index (χ2v) is 4.60. The van der Waals surface area contributed by atoms with Crippen LogP contribution in [0.25, 0.3) is 0 Å². The van der Waals surface area contributed by atoms with E-state index in [1.807, 2.05) is 0 Å². The van der Waals surface area contributed by atoms with Crippen LogP contribution in [0, 0.1) is 6.92 Å². The van der Waals surface area contributed by atoms with Crippen molar-refractivity contribution in [2.75, 3.05) is 11.1 Å². The van der Waals surface area contributed by atoms with E-state index in [2.05, 4.69) is 5.32 Å². The van der Waals surface area contributed by atoms with Gasteiger partial charge >= 0.3 is 0 Å². The molecule has 5 heteroatoms. The molecule has 0 radical (unpaired) electrons. The average molecular weight is 277 g/mol. The highest BCUT2D eigenvalue weighted by Crippen LogP contribution is 2.23. The van der Waals surface area contributed by atoms with Gasteiger partial charge in [0.1, 0.15) is 5.75 Å². The number of nitrogen functional groups attached to an aromatic ring is 1. The van der Waals surface area contributed by atoms with Gasteiger partial charge in [0.05, 0.1) is 10.7 Å². The first-order valence-corrected chi connectivity index (χ1v) is 6.01. The minimum Gasteiger partial charge on any atom is -0.508 e. The van der Waals surface area contributed by atoms with E-state index in [1.165, 1.54) is 6.07 Å². The molecule has 0 saturated carbocycles. The molecule has 98 valence electrons. The third kappa shape index (κ3) is 2.98. The first kappa shape index (κ1) is 13.2. The van der Waals surface area contributed by atoms with E-state index in [9.17, 15) is 9.90 Å². The molecule has 2 aromatic carbocycles. The topological polar surface area (TPSA) is 75.4 Å². The SMILES string of the molecule is Cc1ccc(C(=O)Nc2ccc(Cl)c(N)c2)cc1O. The molecule has 0 saturated heterocycles. The Labute approximate surface area is 115 Å². The highest BCUT2D eigenvalue weighted by Gasteiger charge is 2.08. The second kappa shape index (κ2) is 5.20. The van der Waals surface area contributed by atoms with Crippen molar-refractivity contribution in [3.05, 3.63) is 52.5 Å². The lowest BCUT2D eigenvalue weighted by Gasteiger charge is -2.08. The van der Waals surface area contributed by atoms with Gasteiger partial charge in [-0.15, -0.1) is 0 Å². The van der Waals surface area contributed by atoms with Gasteiger partial charge in [-0.2, -0.15) is 0 Å². The number of aryl methyl sites for hydroxylation is 1. The van der Waals surface area contributed by atoms with Crippen molar-refractivity contribution in [2.24, 2.45) is 0 Å². The molecule has 2 rings (SSSR count). The fraction of sp³-hybridized carbons (Fsp3) is 0.0714. The summed E-state index contributed by atoms with van der Waals surface area (Å²) >= 11 is 5.80. The fourth-order valence-electron chi connectivity index (χ4n) is 1.58. The fourth-order valence-corrected chi connectivity index (χ4v) is 1.69. The molecular weight excluding hydrogens is 264 g/mol. The summed E-state index contributed by atoms with van der Waals surface area (Å²) < 4.78 is 0. The third-order valence-electron chi connectivity index (χ3n) is 2.73. The van der Waals surface area contributed by atoms with Crippen molar-refractivity contribution in [3.63, 3.8) is 0 Å². The number of halogens is 1. The molecule has 0 aliphatic rings. The van der Waals surface area contributed by atoms with E-state index in [0.29, 0.717) is 27.5 Å². The summed E-state index contributed by atoms with van der Waals surface area (Å²) in [6.07, 6.45) is 0. The molecular formula is C14H13ClN2O2. The van der Waals surface area contributed by atoms with E-state index in [4.69, 9.17) is 17.3 Å². The Hall–Kier alpha value is -2.20. The van der Waals surface area contributed by atoms with Crippen molar-refractivity contribution >= 4 is 28.9 Å². The van der Waals surface area contributed by atoms with Gasteiger partial charge in [-0.1, -0.05) is 17.7 Å². The second-order valence-electron chi connectivity index (χ2n) is 4.19. The number of carbonyl (C=O) groups is 1. The third-order valence-corrected chi connectivity index (χ3v) is 3.07. The summed E-state index contributed by atoms with van der Waals surface area (Å²) in [5.41, 5.74) is 7.69. The minimum atomic E-state index is -0.322. The van der Waals surface area contributed by atoms with Crippen LogP contribution >= 0.6 is 11.6 Å². The molecule has 19 heavy (non-hydrogen) atoms. The molecule has 0 bridgehead atoms. The van der Waals surface area contributed by atoms with E-state index >= 15 is 0 Å². The van der Waals surface area contributed by atoms with Crippen LogP contribution in [-0.4, -0.2) is 11.0 Å². The maximum absolute atomic E-state index is 12.0. The van der Waals surface area contributed by atoms with E-state index in [1.54, 1.807) is 37.3 Å². The van der Waals surface area contributed by atoms with Gasteiger partial charge in [0, 0.05) is 11.3 Å². The van der Waals surface area contributed by atoms with Gasteiger partial charge in [0.2, 0.25) is 0 Å². The Morgan fingerprint density at radius 2 is 2.00 bits per heavy atom. The van der Waals surface area contributed by atoms with Crippen molar-refractivity contribution < 1.29 is 9.90 Å². The number of benzene rings is 2. The van der Waals surface area contributed by atoms with Crippen molar-refractivity contribution in [2.45, 2.75) is 6.92 Å². The van der Waals surface area contributed by atoms with Gasteiger partial charge < -0.3 is 16.2 Å². The van der Waals surface area contributed by atoms with Crippen molar-refractivity contribution in [1.29, 1.82) is 0 Å². The van der Waals surface area contributed by atoms with Crippen molar-refractivity contribution in [1.82, 2.24) is 0 Å². The molecule has 0 atom stereocenters. The highest BCUT2D eigenvalue weighted by atomic mass is 35.5. The maximum atomic E-state index is 12.0. The Balaban J connectivity index is 2.20. The van der Waals surface area contributed by atoms with Crippen LogP contribution in [0.1, 0.15) is 15.9 Å². The largest absolute Gasteiger partial charge is 0.508 e. The number of hydrogen-bond donors (Lipinski definition) is 3. The Morgan fingerprint density at radius 1 is 1.26 bits per heavy atom. The zero-order chi connectivity index (χ0) is 14.0. The van der Waals surface area contributed by atoms with E-state index < -0.39 is 0 Å². The predicted octanol–water partition coefficient (Wildman–Crippen LogP) is 3.19. The normalized spacial score (nSPS) is 10.2. The summed E-state index contributed by atoms with van der Waals surface area (Å²) in [4.78, 5) is 12.0. The number of rotatable bonds is 2. The summed E-state index contributed by atoms with van der Waals surface area (Å²) in [6.45, 7) is 1.76. The van der Waals surface area contributed by atoms with Gasteiger partial charge in [0.15, 0.2) is 0 Å². The number of nitrogens with two attached hydrogens (primary N) is 1. The van der Waals surface area contributed by atoms with Crippen LogP contribution < -0.4 is 11.1 Å². The zero-order valence-electron chi connectivity index (χ0n) is 10.3. The number of anilines is 2. The molecule has 2 aromatic rings. The molecule has 0 spiro atoms. The summed E-state index contributed by atoms with van der Waals surface area (Å²) in [5, 5.41) is 12.7. The van der Waals surface area contributed by atoms with Gasteiger partial charge in [0.25, 0.3) is 5.91 Å².